The first-order valence-corrected chi connectivity index (χ1v) is 11.1. The van der Waals surface area contributed by atoms with Crippen molar-refractivity contribution in [3.8, 4) is 22.6 Å². The summed E-state index contributed by atoms with van der Waals surface area (Å²) in [5, 5.41) is 19.2. The van der Waals surface area contributed by atoms with Crippen LogP contribution in [0, 0.1) is 0 Å². The molecule has 0 unspecified atom stereocenters. The van der Waals surface area contributed by atoms with Gasteiger partial charge in [0.25, 0.3) is 5.91 Å². The normalized spacial score (nSPS) is 13.6. The maximum atomic E-state index is 12.7. The molecule has 1 amide bonds. The van der Waals surface area contributed by atoms with Crippen LogP contribution in [0.15, 0.2) is 59.1 Å². The average molecular weight is 444 g/mol. The van der Waals surface area contributed by atoms with Crippen molar-refractivity contribution in [2.75, 3.05) is 13.7 Å². The minimum absolute atomic E-state index is 0.158. The Kier molecular flexibility index (Phi) is 5.69. The van der Waals surface area contributed by atoms with E-state index in [2.05, 4.69) is 15.5 Å². The second-order valence-electron chi connectivity index (χ2n) is 8.31. The Morgan fingerprint density at radius 1 is 1.15 bits per heavy atom. The van der Waals surface area contributed by atoms with E-state index >= 15 is 0 Å². The molecule has 168 valence electrons. The highest BCUT2D eigenvalue weighted by atomic mass is 16.5. The van der Waals surface area contributed by atoms with Crippen molar-refractivity contribution in [2.45, 2.75) is 31.6 Å². The Bertz CT molecular complexity index is 1310. The maximum absolute atomic E-state index is 12.7. The number of amides is 1. The third-order valence-corrected chi connectivity index (χ3v) is 6.21. The number of carbonyl (C=O) groups excluding carboxylic acids is 1. The van der Waals surface area contributed by atoms with Crippen molar-refractivity contribution >= 4 is 16.7 Å². The van der Waals surface area contributed by atoms with Gasteiger partial charge in [0.2, 0.25) is 5.89 Å². The van der Waals surface area contributed by atoms with Crippen LogP contribution < -0.4 is 10.1 Å². The molecule has 4 aromatic rings. The summed E-state index contributed by atoms with van der Waals surface area (Å²) < 4.78 is 10.6. The van der Waals surface area contributed by atoms with E-state index in [1.165, 1.54) is 6.42 Å². The van der Waals surface area contributed by atoms with Crippen LogP contribution in [0.5, 0.6) is 11.5 Å². The summed E-state index contributed by atoms with van der Waals surface area (Å²) in [7, 11) is 1.59. The number of aromatic hydroxyl groups is 1. The van der Waals surface area contributed by atoms with Crippen LogP contribution in [0.1, 0.15) is 47.3 Å². The van der Waals surface area contributed by atoms with Gasteiger partial charge in [-0.3, -0.25) is 4.79 Å². The van der Waals surface area contributed by atoms with Crippen LogP contribution >= 0.6 is 0 Å². The van der Waals surface area contributed by atoms with Gasteiger partial charge in [0, 0.05) is 30.0 Å². The molecule has 0 radical (unpaired) electrons. The van der Waals surface area contributed by atoms with Crippen LogP contribution in [0.3, 0.4) is 0 Å². The summed E-state index contributed by atoms with van der Waals surface area (Å²) in [4.78, 5) is 17.2. The minimum atomic E-state index is -0.158. The van der Waals surface area contributed by atoms with E-state index in [4.69, 9.17) is 9.26 Å². The van der Waals surface area contributed by atoms with Gasteiger partial charge in [0.05, 0.1) is 7.11 Å². The van der Waals surface area contributed by atoms with E-state index in [1.807, 2.05) is 30.3 Å². The molecule has 3 aromatic carbocycles. The van der Waals surface area contributed by atoms with Crippen molar-refractivity contribution < 1.29 is 19.2 Å². The van der Waals surface area contributed by atoms with E-state index in [0.29, 0.717) is 41.6 Å². The van der Waals surface area contributed by atoms with Gasteiger partial charge in [-0.25, -0.2) is 0 Å². The number of nitrogens with one attached hydrogen (secondary N) is 1. The highest BCUT2D eigenvalue weighted by molar-refractivity contribution is 6.03. The molecule has 7 nitrogen and oxygen atoms in total. The summed E-state index contributed by atoms with van der Waals surface area (Å²) in [5.41, 5.74) is 2.12. The van der Waals surface area contributed by atoms with Gasteiger partial charge in [-0.2, -0.15) is 4.98 Å². The highest BCUT2D eigenvalue weighted by Gasteiger charge is 2.25. The number of phenolic OH excluding ortho intramolecular Hbond substituents is 1. The van der Waals surface area contributed by atoms with Crippen molar-refractivity contribution in [3.63, 3.8) is 0 Å². The average Bonchev–Trinajstić information content (AvgIpc) is 3.25. The Balaban J connectivity index is 1.30. The zero-order valence-corrected chi connectivity index (χ0v) is 18.4. The molecule has 1 fully saturated rings. The fourth-order valence-corrected chi connectivity index (χ4v) is 4.10. The quantitative estimate of drug-likeness (QED) is 0.424. The van der Waals surface area contributed by atoms with E-state index in [-0.39, 0.29) is 11.7 Å². The van der Waals surface area contributed by atoms with E-state index < -0.39 is 0 Å². The fourth-order valence-electron chi connectivity index (χ4n) is 4.10. The number of hydrogen-bond acceptors (Lipinski definition) is 6. The lowest BCUT2D eigenvalue weighted by Crippen LogP contribution is -2.25. The van der Waals surface area contributed by atoms with Gasteiger partial charge in [0.1, 0.15) is 11.5 Å². The topological polar surface area (TPSA) is 97.5 Å². The first kappa shape index (κ1) is 21.0. The second kappa shape index (κ2) is 8.94. The third kappa shape index (κ3) is 4.26. The number of benzene rings is 3. The summed E-state index contributed by atoms with van der Waals surface area (Å²) in [5.74, 6) is 2.43. The predicted molar refractivity (Wildman–Crippen MR) is 125 cm³/mol. The molecule has 1 aliphatic rings. The summed E-state index contributed by atoms with van der Waals surface area (Å²) in [6.45, 7) is 0.429. The van der Waals surface area contributed by atoms with Gasteiger partial charge < -0.3 is 19.7 Å². The third-order valence-electron chi connectivity index (χ3n) is 6.21. The lowest BCUT2D eigenvalue weighted by atomic mass is 9.85. The molecule has 0 aliphatic heterocycles. The minimum Gasteiger partial charge on any atom is -0.507 e. The molecule has 0 spiro atoms. The van der Waals surface area contributed by atoms with Crippen LogP contribution in [-0.2, 0) is 6.42 Å². The van der Waals surface area contributed by atoms with Gasteiger partial charge >= 0.3 is 0 Å². The lowest BCUT2D eigenvalue weighted by Gasteiger charge is -2.20. The SMILES string of the molecule is COc1ccc(O)c(-c2cccc3cc(C(=O)NCCc4noc(C5CCC5)n4)ccc23)c1. The first-order chi connectivity index (χ1) is 16.1. The molecule has 0 saturated heterocycles. The van der Waals surface area contributed by atoms with Gasteiger partial charge in [-0.15, -0.1) is 0 Å². The number of fused-ring (bicyclic) bond motifs is 1. The second-order valence-corrected chi connectivity index (χ2v) is 8.31. The maximum Gasteiger partial charge on any atom is 0.251 e. The van der Waals surface area contributed by atoms with E-state index in [0.717, 1.165) is 35.1 Å². The standard InChI is InChI=1S/C26H25N3O4/c1-32-19-9-11-23(30)22(15-19)21-7-3-6-17-14-18(8-10-20(17)21)25(31)27-13-12-24-28-26(33-29-24)16-4-2-5-16/h3,6-11,14-16,30H,2,4-5,12-13H2,1H3,(H,27,31). The number of nitrogens with zero attached hydrogens (tertiary/aromatic N) is 2. The number of methoxy groups -OCH3 is 1. The van der Waals surface area contributed by atoms with Gasteiger partial charge in [-0.05, 0) is 59.5 Å². The molecule has 1 saturated carbocycles. The number of phenols is 1. The van der Waals surface area contributed by atoms with Crippen molar-refractivity contribution in [3.05, 3.63) is 71.9 Å². The van der Waals surface area contributed by atoms with Crippen LogP contribution in [0.25, 0.3) is 21.9 Å². The summed E-state index contributed by atoms with van der Waals surface area (Å²) in [6, 6.07) is 16.5. The molecular formula is C26H25N3O4. The number of carbonyl (C=O) groups is 1. The molecule has 0 atom stereocenters. The Morgan fingerprint density at radius 2 is 2.03 bits per heavy atom. The molecular weight excluding hydrogens is 418 g/mol. The fraction of sp³-hybridized carbons (Fsp3) is 0.269. The van der Waals surface area contributed by atoms with Crippen molar-refractivity contribution in [2.24, 2.45) is 0 Å². The summed E-state index contributed by atoms with van der Waals surface area (Å²) >= 11 is 0. The molecule has 7 heteroatoms. The zero-order valence-electron chi connectivity index (χ0n) is 18.4. The highest BCUT2D eigenvalue weighted by Crippen LogP contribution is 2.37. The van der Waals surface area contributed by atoms with Crippen LogP contribution in [0.2, 0.25) is 0 Å². The molecule has 5 rings (SSSR count). The number of rotatable bonds is 7. The first-order valence-electron chi connectivity index (χ1n) is 11.1. The number of ether oxygens (including phenoxy) is 1. The molecule has 2 N–H and O–H groups in total. The van der Waals surface area contributed by atoms with Gasteiger partial charge in [-0.1, -0.05) is 35.8 Å². The molecule has 1 aliphatic carbocycles. The largest absolute Gasteiger partial charge is 0.507 e. The molecule has 0 bridgehead atoms. The van der Waals surface area contributed by atoms with Crippen molar-refractivity contribution in [1.82, 2.24) is 15.5 Å². The molecule has 1 heterocycles. The Labute approximate surface area is 191 Å². The van der Waals surface area contributed by atoms with Crippen molar-refractivity contribution in [1.29, 1.82) is 0 Å². The van der Waals surface area contributed by atoms with Gasteiger partial charge in [0.15, 0.2) is 5.82 Å². The predicted octanol–water partition coefficient (Wildman–Crippen LogP) is 4.84. The van der Waals surface area contributed by atoms with E-state index in [1.54, 1.807) is 31.4 Å². The molecule has 33 heavy (non-hydrogen) atoms. The van der Waals surface area contributed by atoms with E-state index in [9.17, 15) is 9.90 Å². The summed E-state index contributed by atoms with van der Waals surface area (Å²) in [6.07, 6.45) is 3.96. The van der Waals surface area contributed by atoms with Crippen LogP contribution in [-0.4, -0.2) is 34.8 Å². The smallest absolute Gasteiger partial charge is 0.251 e. The van der Waals surface area contributed by atoms with Crippen LogP contribution in [0.4, 0.5) is 0 Å². The zero-order chi connectivity index (χ0) is 22.8. The number of aromatic nitrogens is 2. The monoisotopic (exact) mass is 443 g/mol. The molecule has 1 aromatic heterocycles. The lowest BCUT2D eigenvalue weighted by molar-refractivity contribution is 0.0954. The Hall–Kier alpha value is -3.87. The Morgan fingerprint density at radius 3 is 2.82 bits per heavy atom. The number of hydrogen-bond donors (Lipinski definition) is 2.